The average Bonchev–Trinajstić information content (AvgIpc) is 3.41. The van der Waals surface area contributed by atoms with Crippen LogP contribution in [0.1, 0.15) is 59.5 Å². The topological polar surface area (TPSA) is 84.0 Å². The molecule has 1 fully saturated rings. The summed E-state index contributed by atoms with van der Waals surface area (Å²) in [6.07, 6.45) is 3.30. The van der Waals surface area contributed by atoms with Crippen molar-refractivity contribution in [2.45, 2.75) is 52.0 Å². The van der Waals surface area contributed by atoms with Crippen LogP contribution in [0.5, 0.6) is 0 Å². The summed E-state index contributed by atoms with van der Waals surface area (Å²) in [6, 6.07) is 7.22. The first kappa shape index (κ1) is 21.6. The van der Waals surface area contributed by atoms with Gasteiger partial charge in [0.2, 0.25) is 5.91 Å². The summed E-state index contributed by atoms with van der Waals surface area (Å²) in [7, 11) is 1.30. The minimum absolute atomic E-state index is 0.102. The first-order valence-electron chi connectivity index (χ1n) is 11.1. The molecule has 0 atom stereocenters. The number of carbonyl (C=O) groups is 4. The second-order valence-electron chi connectivity index (χ2n) is 8.73. The van der Waals surface area contributed by atoms with Crippen molar-refractivity contribution in [2.24, 2.45) is 0 Å². The Morgan fingerprint density at radius 3 is 2.52 bits per heavy atom. The number of anilines is 2. The number of fused-ring (bicyclic) bond motifs is 2. The molecule has 0 radical (unpaired) electrons. The minimum atomic E-state index is -0.542. The number of carbonyl (C=O) groups excluding carboxylic acids is 4. The lowest BCUT2D eigenvalue weighted by Gasteiger charge is -2.21. The van der Waals surface area contributed by atoms with E-state index in [0.29, 0.717) is 16.1 Å². The van der Waals surface area contributed by atoms with Crippen LogP contribution >= 0.6 is 11.3 Å². The molecule has 1 saturated heterocycles. The lowest BCUT2D eigenvalue weighted by Crippen LogP contribution is -2.34. The van der Waals surface area contributed by atoms with Crippen LogP contribution in [0.15, 0.2) is 29.8 Å². The van der Waals surface area contributed by atoms with Gasteiger partial charge >= 0.3 is 5.97 Å². The molecule has 3 amide bonds. The Morgan fingerprint density at radius 1 is 1.06 bits per heavy atom. The van der Waals surface area contributed by atoms with Crippen LogP contribution in [-0.4, -0.2) is 36.8 Å². The van der Waals surface area contributed by atoms with E-state index in [1.54, 1.807) is 4.90 Å². The van der Waals surface area contributed by atoms with Crippen LogP contribution in [0.4, 0.5) is 10.7 Å². The minimum Gasteiger partial charge on any atom is -0.465 e. The zero-order valence-electron chi connectivity index (χ0n) is 18.8. The molecule has 33 heavy (non-hydrogen) atoms. The van der Waals surface area contributed by atoms with Crippen LogP contribution in [0.3, 0.4) is 0 Å². The monoisotopic (exact) mass is 464 g/mol. The highest BCUT2D eigenvalue weighted by atomic mass is 32.1. The molecule has 3 aliphatic rings. The molecule has 5 rings (SSSR count). The highest BCUT2D eigenvalue weighted by Gasteiger charge is 2.45. The number of benzene rings is 1. The number of nitrogens with zero attached hydrogens (tertiary/aromatic N) is 2. The summed E-state index contributed by atoms with van der Waals surface area (Å²) in [5.41, 5.74) is 3.05. The van der Waals surface area contributed by atoms with Gasteiger partial charge in [-0.25, -0.2) is 9.69 Å². The van der Waals surface area contributed by atoms with Crippen molar-refractivity contribution < 1.29 is 23.9 Å². The first-order valence-corrected chi connectivity index (χ1v) is 11.9. The molecule has 1 aromatic heterocycles. The smallest absolute Gasteiger partial charge is 0.341 e. The molecule has 0 unspecified atom stereocenters. The zero-order valence-corrected chi connectivity index (χ0v) is 19.6. The third-order valence-electron chi connectivity index (χ3n) is 6.47. The number of rotatable bonds is 3. The van der Waals surface area contributed by atoms with Gasteiger partial charge < -0.3 is 9.64 Å². The number of thiophene rings is 1. The molecule has 170 valence electrons. The third-order valence-corrected chi connectivity index (χ3v) is 7.74. The molecular formula is C25H24N2O5S. The fraction of sp³-hybridized carbons (Fsp3) is 0.360. The molecule has 0 spiro atoms. The first-order chi connectivity index (χ1) is 15.8. The van der Waals surface area contributed by atoms with Crippen LogP contribution in [0, 0.1) is 0 Å². The molecule has 0 saturated carbocycles. The van der Waals surface area contributed by atoms with Crippen molar-refractivity contribution in [2.75, 3.05) is 16.9 Å². The van der Waals surface area contributed by atoms with E-state index in [4.69, 9.17) is 4.74 Å². The Hall–Kier alpha value is -3.26. The number of hydrogen-bond acceptors (Lipinski definition) is 6. The van der Waals surface area contributed by atoms with Crippen molar-refractivity contribution in [1.82, 2.24) is 0 Å². The molecule has 0 N–H and O–H groups in total. The van der Waals surface area contributed by atoms with Crippen LogP contribution < -0.4 is 9.80 Å². The van der Waals surface area contributed by atoms with E-state index in [9.17, 15) is 19.2 Å². The normalized spacial score (nSPS) is 20.1. The molecule has 1 aliphatic carbocycles. The number of para-hydroxylation sites is 1. The van der Waals surface area contributed by atoms with Gasteiger partial charge in [0.15, 0.2) is 0 Å². The molecule has 2 aromatic rings. The lowest BCUT2D eigenvalue weighted by molar-refractivity contribution is -0.121. The van der Waals surface area contributed by atoms with Crippen molar-refractivity contribution in [3.05, 3.63) is 51.4 Å². The van der Waals surface area contributed by atoms with Crippen LogP contribution in [0.25, 0.3) is 5.57 Å². The molecule has 2 aliphatic heterocycles. The summed E-state index contributed by atoms with van der Waals surface area (Å²) in [5, 5.41) is 0.318. The Morgan fingerprint density at radius 2 is 1.79 bits per heavy atom. The highest BCUT2D eigenvalue weighted by Crippen LogP contribution is 2.46. The van der Waals surface area contributed by atoms with Crippen molar-refractivity contribution in [3.63, 3.8) is 0 Å². The van der Waals surface area contributed by atoms with E-state index < -0.39 is 17.8 Å². The Kier molecular flexibility index (Phi) is 5.20. The predicted molar refractivity (Wildman–Crippen MR) is 125 cm³/mol. The van der Waals surface area contributed by atoms with Gasteiger partial charge in [0.25, 0.3) is 11.8 Å². The van der Waals surface area contributed by atoms with Gasteiger partial charge in [-0.1, -0.05) is 18.2 Å². The van der Waals surface area contributed by atoms with E-state index in [1.807, 2.05) is 38.1 Å². The van der Waals surface area contributed by atoms with Gasteiger partial charge in [-0.15, -0.1) is 11.3 Å². The van der Waals surface area contributed by atoms with Gasteiger partial charge in [0.05, 0.1) is 30.4 Å². The van der Waals surface area contributed by atoms with E-state index >= 15 is 0 Å². The predicted octanol–water partition coefficient (Wildman–Crippen LogP) is 3.89. The maximum Gasteiger partial charge on any atom is 0.341 e. The molecule has 1 aromatic carbocycles. The third kappa shape index (κ3) is 3.15. The van der Waals surface area contributed by atoms with Crippen molar-refractivity contribution in [3.8, 4) is 0 Å². The van der Waals surface area contributed by atoms with Gasteiger partial charge in [0, 0.05) is 22.1 Å². The van der Waals surface area contributed by atoms with E-state index in [0.717, 1.165) is 46.7 Å². The molecular weight excluding hydrogens is 440 g/mol. The summed E-state index contributed by atoms with van der Waals surface area (Å²) in [6.45, 7) is 3.82. The molecule has 7 nitrogen and oxygen atoms in total. The van der Waals surface area contributed by atoms with Crippen molar-refractivity contribution in [1.29, 1.82) is 0 Å². The second kappa shape index (κ2) is 7.95. The fourth-order valence-corrected chi connectivity index (χ4v) is 6.41. The summed E-state index contributed by atoms with van der Waals surface area (Å²) >= 11 is 1.31. The summed E-state index contributed by atoms with van der Waals surface area (Å²) < 4.78 is 5.01. The Balaban J connectivity index is 1.65. The molecule has 3 heterocycles. The van der Waals surface area contributed by atoms with Gasteiger partial charge in [0.1, 0.15) is 5.00 Å². The Labute approximate surface area is 195 Å². The van der Waals surface area contributed by atoms with Crippen molar-refractivity contribution >= 4 is 51.3 Å². The average molecular weight is 465 g/mol. The highest BCUT2D eigenvalue weighted by molar-refractivity contribution is 7.17. The SMILES string of the molecule is COC(=O)c1c(N2C(=O)C/C(=C3/C(=O)N(C(C)C)c4ccccc43)C2=O)sc2c1CCCC2. The van der Waals surface area contributed by atoms with Crippen LogP contribution in [-0.2, 0) is 32.0 Å². The standard InChI is InChI=1S/C25H24N2O5S/c1-13(2)26-17-10-6-4-8-14(17)20(23(26)30)16-12-19(28)27(22(16)29)24-21(25(31)32-3)15-9-5-7-11-18(15)33-24/h4,6,8,10,13H,5,7,9,11-12H2,1-3H3/b20-16-. The lowest BCUT2D eigenvalue weighted by atomic mass is 9.95. The molecule has 8 heteroatoms. The zero-order chi connectivity index (χ0) is 23.4. The summed E-state index contributed by atoms with van der Waals surface area (Å²) in [5.74, 6) is -1.78. The fourth-order valence-electron chi connectivity index (χ4n) is 5.02. The maximum absolute atomic E-state index is 13.6. The number of aryl methyl sites for hydroxylation is 1. The largest absolute Gasteiger partial charge is 0.465 e. The number of methoxy groups -OCH3 is 1. The Bertz CT molecular complexity index is 1260. The quantitative estimate of drug-likeness (QED) is 0.391. The van der Waals surface area contributed by atoms with Gasteiger partial charge in [-0.05, 0) is 51.2 Å². The number of imide groups is 1. The summed E-state index contributed by atoms with van der Waals surface area (Å²) in [4.78, 5) is 56.6. The van der Waals surface area contributed by atoms with Gasteiger partial charge in [-0.3, -0.25) is 14.4 Å². The van der Waals surface area contributed by atoms with E-state index in [1.165, 1.54) is 18.4 Å². The second-order valence-corrected chi connectivity index (χ2v) is 9.82. The molecule has 0 bridgehead atoms. The number of amides is 3. The van der Waals surface area contributed by atoms with E-state index in [-0.39, 0.29) is 29.5 Å². The number of esters is 1. The van der Waals surface area contributed by atoms with Gasteiger partial charge in [-0.2, -0.15) is 0 Å². The number of ether oxygens (including phenoxy) is 1. The van der Waals surface area contributed by atoms with E-state index in [2.05, 4.69) is 0 Å². The van der Waals surface area contributed by atoms with Crippen LogP contribution in [0.2, 0.25) is 0 Å². The number of hydrogen-bond donors (Lipinski definition) is 0. The maximum atomic E-state index is 13.6.